The van der Waals surface area contributed by atoms with E-state index in [4.69, 9.17) is 11.2 Å². The number of anilines is 2. The maximum atomic E-state index is 12.3. The maximum absolute atomic E-state index is 12.3. The average Bonchev–Trinajstić information content (AvgIpc) is 2.80. The zero-order valence-electron chi connectivity index (χ0n) is 17.4. The molecule has 0 aromatic heterocycles. The molecule has 1 amide bonds. The van der Waals surface area contributed by atoms with Gasteiger partial charge in [-0.05, 0) is 30.3 Å². The Morgan fingerprint density at radius 1 is 1.17 bits per heavy atom. The average molecular weight is 406 g/mol. The number of carbonyl (C=O) groups is 1. The van der Waals surface area contributed by atoms with Gasteiger partial charge in [-0.3, -0.25) is 9.79 Å². The topological polar surface area (TPSA) is 69.2 Å². The predicted molar refractivity (Wildman–Crippen MR) is 121 cm³/mol. The Kier molecular flexibility index (Phi) is 7.17. The second-order valence-electron chi connectivity index (χ2n) is 6.82. The van der Waals surface area contributed by atoms with Crippen LogP contribution in [-0.4, -0.2) is 63.6 Å². The van der Waals surface area contributed by atoms with Crippen molar-refractivity contribution in [2.24, 2.45) is 4.99 Å². The molecule has 2 aromatic carbocycles. The van der Waals surface area contributed by atoms with Gasteiger partial charge in [-0.15, -0.1) is 6.42 Å². The SMILES string of the molecule is C#Cc1cccc(NC(=O)CNC(=NC)N2CCN(c3ccccc3OC)CC2)c1. The molecule has 2 N–H and O–H groups in total. The minimum Gasteiger partial charge on any atom is -0.495 e. The van der Waals surface area contributed by atoms with Crippen molar-refractivity contribution in [3.8, 4) is 18.1 Å². The molecular weight excluding hydrogens is 378 g/mol. The van der Waals surface area contributed by atoms with Gasteiger partial charge in [0, 0.05) is 44.5 Å². The molecule has 1 aliphatic rings. The second-order valence-corrected chi connectivity index (χ2v) is 6.82. The summed E-state index contributed by atoms with van der Waals surface area (Å²) in [5.41, 5.74) is 2.50. The molecule has 0 spiro atoms. The number of nitrogens with zero attached hydrogens (tertiary/aromatic N) is 3. The van der Waals surface area contributed by atoms with Gasteiger partial charge in [-0.2, -0.15) is 0 Å². The number of nitrogens with one attached hydrogen (secondary N) is 2. The van der Waals surface area contributed by atoms with E-state index in [0.717, 1.165) is 43.2 Å². The van der Waals surface area contributed by atoms with Crippen LogP contribution in [0.1, 0.15) is 5.56 Å². The summed E-state index contributed by atoms with van der Waals surface area (Å²) in [6.07, 6.45) is 5.40. The van der Waals surface area contributed by atoms with Crippen molar-refractivity contribution in [2.75, 3.05) is 57.1 Å². The van der Waals surface area contributed by atoms with Crippen LogP contribution >= 0.6 is 0 Å². The van der Waals surface area contributed by atoms with E-state index in [1.807, 2.05) is 36.4 Å². The molecule has 0 radical (unpaired) electrons. The molecule has 156 valence electrons. The first-order chi connectivity index (χ1) is 14.6. The summed E-state index contributed by atoms with van der Waals surface area (Å²) in [6.45, 7) is 3.39. The third-order valence-electron chi connectivity index (χ3n) is 4.94. The number of aliphatic imine (C=N–C) groups is 1. The van der Waals surface area contributed by atoms with Gasteiger partial charge in [0.15, 0.2) is 5.96 Å². The summed E-state index contributed by atoms with van der Waals surface area (Å²) in [5.74, 6) is 3.99. The number of rotatable bonds is 5. The van der Waals surface area contributed by atoms with E-state index in [9.17, 15) is 4.79 Å². The molecule has 0 unspecified atom stereocenters. The molecule has 1 heterocycles. The van der Waals surface area contributed by atoms with E-state index in [1.54, 1.807) is 20.2 Å². The van der Waals surface area contributed by atoms with Crippen molar-refractivity contribution in [3.05, 3.63) is 54.1 Å². The molecule has 0 atom stereocenters. The summed E-state index contributed by atoms with van der Waals surface area (Å²) in [5, 5.41) is 5.99. The molecule has 7 heteroatoms. The number of para-hydroxylation sites is 2. The second kappa shape index (κ2) is 10.2. The predicted octanol–water partition coefficient (Wildman–Crippen LogP) is 2.01. The van der Waals surface area contributed by atoms with E-state index in [2.05, 4.69) is 37.4 Å². The molecule has 7 nitrogen and oxygen atoms in total. The summed E-state index contributed by atoms with van der Waals surface area (Å²) in [6, 6.07) is 15.2. The Labute approximate surface area is 177 Å². The smallest absolute Gasteiger partial charge is 0.243 e. The largest absolute Gasteiger partial charge is 0.495 e. The fraction of sp³-hybridized carbons (Fsp3) is 0.304. The first kappa shape index (κ1) is 21.1. The zero-order valence-corrected chi connectivity index (χ0v) is 17.4. The minimum atomic E-state index is -0.155. The van der Waals surface area contributed by atoms with Crippen LogP contribution in [0.4, 0.5) is 11.4 Å². The molecule has 0 saturated carbocycles. The first-order valence-electron chi connectivity index (χ1n) is 9.84. The van der Waals surface area contributed by atoms with Crippen LogP contribution in [0.25, 0.3) is 0 Å². The van der Waals surface area contributed by atoms with Crippen LogP contribution < -0.4 is 20.3 Å². The molecule has 1 fully saturated rings. The van der Waals surface area contributed by atoms with Crippen molar-refractivity contribution < 1.29 is 9.53 Å². The molecule has 2 aromatic rings. The van der Waals surface area contributed by atoms with E-state index in [1.165, 1.54) is 0 Å². The fourth-order valence-corrected chi connectivity index (χ4v) is 3.43. The molecular formula is C23H27N5O2. The number of methoxy groups -OCH3 is 1. The van der Waals surface area contributed by atoms with Crippen molar-refractivity contribution >= 4 is 23.2 Å². The van der Waals surface area contributed by atoms with Crippen LogP contribution in [0.5, 0.6) is 5.75 Å². The van der Waals surface area contributed by atoms with Gasteiger partial charge < -0.3 is 25.2 Å². The highest BCUT2D eigenvalue weighted by Crippen LogP contribution is 2.28. The third-order valence-corrected chi connectivity index (χ3v) is 4.94. The van der Waals surface area contributed by atoms with Gasteiger partial charge in [0.2, 0.25) is 5.91 Å². The Balaban J connectivity index is 1.51. The highest BCUT2D eigenvalue weighted by molar-refractivity contribution is 5.95. The molecule has 0 aliphatic carbocycles. The van der Waals surface area contributed by atoms with E-state index in [-0.39, 0.29) is 12.5 Å². The lowest BCUT2D eigenvalue weighted by molar-refractivity contribution is -0.115. The molecule has 30 heavy (non-hydrogen) atoms. The zero-order chi connectivity index (χ0) is 21.3. The highest BCUT2D eigenvalue weighted by Gasteiger charge is 2.21. The van der Waals surface area contributed by atoms with Crippen LogP contribution in [0, 0.1) is 12.3 Å². The first-order valence-corrected chi connectivity index (χ1v) is 9.84. The Morgan fingerprint density at radius 2 is 1.93 bits per heavy atom. The lowest BCUT2D eigenvalue weighted by atomic mass is 10.2. The van der Waals surface area contributed by atoms with Crippen molar-refractivity contribution in [1.82, 2.24) is 10.2 Å². The molecule has 3 rings (SSSR count). The van der Waals surface area contributed by atoms with Crippen LogP contribution in [-0.2, 0) is 4.79 Å². The minimum absolute atomic E-state index is 0.125. The van der Waals surface area contributed by atoms with Crippen LogP contribution in [0.2, 0.25) is 0 Å². The van der Waals surface area contributed by atoms with Crippen LogP contribution in [0.3, 0.4) is 0 Å². The van der Waals surface area contributed by atoms with Gasteiger partial charge in [0.1, 0.15) is 5.75 Å². The number of terminal acetylenes is 1. The highest BCUT2D eigenvalue weighted by atomic mass is 16.5. The normalized spacial score (nSPS) is 14.1. The molecule has 0 bridgehead atoms. The Hall–Kier alpha value is -3.66. The summed E-state index contributed by atoms with van der Waals surface area (Å²) >= 11 is 0. The van der Waals surface area contributed by atoms with Gasteiger partial charge in [0.05, 0.1) is 19.3 Å². The summed E-state index contributed by atoms with van der Waals surface area (Å²) in [4.78, 5) is 21.1. The third kappa shape index (κ3) is 5.23. The van der Waals surface area contributed by atoms with Crippen LogP contribution in [0.15, 0.2) is 53.5 Å². The van der Waals surface area contributed by atoms with Gasteiger partial charge in [-0.25, -0.2) is 0 Å². The summed E-state index contributed by atoms with van der Waals surface area (Å²) in [7, 11) is 3.41. The van der Waals surface area contributed by atoms with E-state index < -0.39 is 0 Å². The summed E-state index contributed by atoms with van der Waals surface area (Å²) < 4.78 is 5.48. The van der Waals surface area contributed by atoms with Gasteiger partial charge in [0.25, 0.3) is 0 Å². The number of piperazine rings is 1. The van der Waals surface area contributed by atoms with Crippen molar-refractivity contribution in [1.29, 1.82) is 0 Å². The van der Waals surface area contributed by atoms with E-state index >= 15 is 0 Å². The monoisotopic (exact) mass is 405 g/mol. The fourth-order valence-electron chi connectivity index (χ4n) is 3.43. The van der Waals surface area contributed by atoms with Crippen molar-refractivity contribution in [3.63, 3.8) is 0 Å². The number of hydrogen-bond donors (Lipinski definition) is 2. The maximum Gasteiger partial charge on any atom is 0.243 e. The molecule has 1 saturated heterocycles. The Bertz CT molecular complexity index is 943. The van der Waals surface area contributed by atoms with Crippen molar-refractivity contribution in [2.45, 2.75) is 0 Å². The number of carbonyl (C=O) groups excluding carboxylic acids is 1. The number of amides is 1. The number of ether oxygens (including phenoxy) is 1. The van der Waals surface area contributed by atoms with Gasteiger partial charge in [-0.1, -0.05) is 24.1 Å². The number of guanidine groups is 1. The number of benzene rings is 2. The van der Waals surface area contributed by atoms with E-state index in [0.29, 0.717) is 11.6 Å². The standard InChI is InChI=1S/C23H27N5O2/c1-4-18-8-7-9-19(16-18)26-22(29)17-25-23(24-2)28-14-12-27(13-15-28)20-10-5-6-11-21(20)30-3/h1,5-11,16H,12-15,17H2,2-3H3,(H,24,25)(H,26,29). The molecule has 1 aliphatic heterocycles. The lowest BCUT2D eigenvalue weighted by Gasteiger charge is -2.38. The number of hydrogen-bond acceptors (Lipinski definition) is 4. The van der Waals surface area contributed by atoms with Gasteiger partial charge >= 0.3 is 0 Å². The lowest BCUT2D eigenvalue weighted by Crippen LogP contribution is -2.53. The Morgan fingerprint density at radius 3 is 2.63 bits per heavy atom. The quantitative estimate of drug-likeness (QED) is 0.453.